The summed E-state index contributed by atoms with van der Waals surface area (Å²) >= 11 is 0. The van der Waals surface area contributed by atoms with E-state index in [0.29, 0.717) is 0 Å². The van der Waals surface area contributed by atoms with Crippen molar-refractivity contribution in [2.45, 2.75) is 27.2 Å². The normalized spacial score (nSPS) is 13.5. The van der Waals surface area contributed by atoms with Gasteiger partial charge in [-0.05, 0) is 13.3 Å². The number of carbonyl (C=O) groups excluding carboxylic acids is 1. The van der Waals surface area contributed by atoms with Crippen LogP contribution in [0.2, 0.25) is 0 Å². The van der Waals surface area contributed by atoms with E-state index in [1.54, 1.807) is 13.1 Å². The Hall–Kier alpha value is -0.860. The van der Waals surface area contributed by atoms with E-state index < -0.39 is 0 Å². The van der Waals surface area contributed by atoms with Crippen LogP contribution in [0.25, 0.3) is 0 Å². The van der Waals surface area contributed by atoms with Crippen LogP contribution in [-0.4, -0.2) is 12.1 Å². The number of hydrazone groups is 1. The summed E-state index contributed by atoms with van der Waals surface area (Å²) in [6.45, 7) is 5.61. The van der Waals surface area contributed by atoms with Crippen molar-refractivity contribution in [3.63, 3.8) is 0 Å². The Balaban J connectivity index is 3.62. The van der Waals surface area contributed by atoms with Gasteiger partial charge in [-0.1, -0.05) is 13.8 Å². The molecule has 1 atom stereocenters. The summed E-state index contributed by atoms with van der Waals surface area (Å²) in [6.07, 6.45) is 2.41. The lowest BCUT2D eigenvalue weighted by Gasteiger charge is -2.04. The van der Waals surface area contributed by atoms with Crippen LogP contribution in [0, 0.1) is 5.92 Å². The SMILES string of the molecule is C/C=N\NC(=O)C(C)CC. The molecule has 0 aliphatic carbocycles. The van der Waals surface area contributed by atoms with Crippen LogP contribution in [0.3, 0.4) is 0 Å². The second-order valence-corrected chi connectivity index (χ2v) is 2.17. The fourth-order valence-corrected chi connectivity index (χ4v) is 0.424. The molecule has 0 rings (SSSR count). The number of carbonyl (C=O) groups is 1. The maximum Gasteiger partial charge on any atom is 0.242 e. The van der Waals surface area contributed by atoms with E-state index >= 15 is 0 Å². The standard InChI is InChI=1S/C7H14N2O/c1-4-6(3)7(10)9-8-5-2/h5-6H,4H2,1-3H3,(H,9,10)/b8-5-. The molecule has 0 fully saturated rings. The number of hydrogen-bond acceptors (Lipinski definition) is 2. The van der Waals surface area contributed by atoms with Gasteiger partial charge in [0.15, 0.2) is 0 Å². The van der Waals surface area contributed by atoms with Gasteiger partial charge >= 0.3 is 0 Å². The molecule has 0 spiro atoms. The van der Waals surface area contributed by atoms with Crippen molar-refractivity contribution in [3.05, 3.63) is 0 Å². The van der Waals surface area contributed by atoms with Crippen LogP contribution in [-0.2, 0) is 4.79 Å². The Morgan fingerprint density at radius 2 is 2.40 bits per heavy atom. The van der Waals surface area contributed by atoms with E-state index in [-0.39, 0.29) is 11.8 Å². The molecule has 1 amide bonds. The van der Waals surface area contributed by atoms with Crippen molar-refractivity contribution in [2.24, 2.45) is 11.0 Å². The van der Waals surface area contributed by atoms with Gasteiger partial charge in [0.25, 0.3) is 0 Å². The van der Waals surface area contributed by atoms with Crippen molar-refractivity contribution in [1.29, 1.82) is 0 Å². The van der Waals surface area contributed by atoms with Gasteiger partial charge in [0.05, 0.1) is 0 Å². The molecule has 3 heteroatoms. The minimum Gasteiger partial charge on any atom is -0.273 e. The van der Waals surface area contributed by atoms with Gasteiger partial charge in [-0.15, -0.1) is 0 Å². The molecule has 0 aromatic carbocycles. The summed E-state index contributed by atoms with van der Waals surface area (Å²) in [6, 6.07) is 0. The first-order chi connectivity index (χ1) is 4.72. The Bertz CT molecular complexity index is 132. The van der Waals surface area contributed by atoms with Crippen molar-refractivity contribution >= 4 is 12.1 Å². The molecule has 0 radical (unpaired) electrons. The highest BCUT2D eigenvalue weighted by Gasteiger charge is 2.07. The zero-order chi connectivity index (χ0) is 7.98. The van der Waals surface area contributed by atoms with Gasteiger partial charge < -0.3 is 0 Å². The number of nitrogens with zero attached hydrogens (tertiary/aromatic N) is 1. The third kappa shape index (κ3) is 3.22. The van der Waals surface area contributed by atoms with Crippen molar-refractivity contribution in [3.8, 4) is 0 Å². The van der Waals surface area contributed by atoms with Gasteiger partial charge in [-0.2, -0.15) is 5.10 Å². The molecule has 1 unspecified atom stereocenters. The lowest BCUT2D eigenvalue weighted by molar-refractivity contribution is -0.124. The van der Waals surface area contributed by atoms with Gasteiger partial charge in [-0.25, -0.2) is 5.43 Å². The van der Waals surface area contributed by atoms with Crippen molar-refractivity contribution in [1.82, 2.24) is 5.43 Å². The molecule has 0 aliphatic rings. The van der Waals surface area contributed by atoms with E-state index in [2.05, 4.69) is 10.5 Å². The molecule has 3 nitrogen and oxygen atoms in total. The highest BCUT2D eigenvalue weighted by molar-refractivity contribution is 5.78. The summed E-state index contributed by atoms with van der Waals surface area (Å²) in [5.41, 5.74) is 2.41. The molecule has 0 saturated heterocycles. The van der Waals surface area contributed by atoms with Gasteiger partial charge in [0, 0.05) is 12.1 Å². The topological polar surface area (TPSA) is 41.5 Å². The average molecular weight is 142 g/mol. The fourth-order valence-electron chi connectivity index (χ4n) is 0.424. The number of nitrogens with one attached hydrogen (secondary N) is 1. The smallest absolute Gasteiger partial charge is 0.242 e. The predicted molar refractivity (Wildman–Crippen MR) is 41.8 cm³/mol. The zero-order valence-electron chi connectivity index (χ0n) is 6.72. The minimum absolute atomic E-state index is 0.0133. The molecule has 10 heavy (non-hydrogen) atoms. The van der Waals surface area contributed by atoms with Gasteiger partial charge in [0.2, 0.25) is 5.91 Å². The van der Waals surface area contributed by atoms with Crippen LogP contribution >= 0.6 is 0 Å². The Morgan fingerprint density at radius 3 is 2.80 bits per heavy atom. The zero-order valence-corrected chi connectivity index (χ0v) is 6.72. The molecule has 0 aromatic heterocycles. The maximum absolute atomic E-state index is 10.9. The number of rotatable bonds is 3. The molecule has 0 aromatic rings. The van der Waals surface area contributed by atoms with E-state index in [1.165, 1.54) is 0 Å². The van der Waals surface area contributed by atoms with E-state index in [0.717, 1.165) is 6.42 Å². The molecule has 0 aliphatic heterocycles. The Morgan fingerprint density at radius 1 is 1.80 bits per heavy atom. The minimum atomic E-state index is -0.0133. The van der Waals surface area contributed by atoms with Crippen molar-refractivity contribution < 1.29 is 4.79 Å². The molecule has 0 saturated carbocycles. The first kappa shape index (κ1) is 9.14. The van der Waals surface area contributed by atoms with Crippen LogP contribution in [0.4, 0.5) is 0 Å². The predicted octanol–water partition coefficient (Wildman–Crippen LogP) is 1.15. The summed E-state index contributed by atoms with van der Waals surface area (Å²) in [7, 11) is 0. The number of hydrogen-bond donors (Lipinski definition) is 1. The summed E-state index contributed by atoms with van der Waals surface area (Å²) in [4.78, 5) is 10.9. The van der Waals surface area contributed by atoms with Gasteiger partial charge in [0.1, 0.15) is 0 Å². The van der Waals surface area contributed by atoms with Crippen LogP contribution < -0.4 is 5.43 Å². The largest absolute Gasteiger partial charge is 0.273 e. The molecule has 1 N–H and O–H groups in total. The van der Waals surface area contributed by atoms with Crippen molar-refractivity contribution in [2.75, 3.05) is 0 Å². The van der Waals surface area contributed by atoms with Crippen LogP contribution in [0.5, 0.6) is 0 Å². The fraction of sp³-hybridized carbons (Fsp3) is 0.714. The van der Waals surface area contributed by atoms with Crippen LogP contribution in [0.15, 0.2) is 5.10 Å². The second-order valence-electron chi connectivity index (χ2n) is 2.17. The lowest BCUT2D eigenvalue weighted by Crippen LogP contribution is -2.24. The highest BCUT2D eigenvalue weighted by Crippen LogP contribution is 1.98. The van der Waals surface area contributed by atoms with Crippen LogP contribution in [0.1, 0.15) is 27.2 Å². The molecular weight excluding hydrogens is 128 g/mol. The highest BCUT2D eigenvalue weighted by atomic mass is 16.2. The molecule has 0 bridgehead atoms. The summed E-state index contributed by atoms with van der Waals surface area (Å²) in [5, 5.41) is 3.62. The Kier molecular flexibility index (Phi) is 4.54. The molecule has 0 heterocycles. The quantitative estimate of drug-likeness (QED) is 0.466. The van der Waals surface area contributed by atoms with Gasteiger partial charge in [-0.3, -0.25) is 4.79 Å². The second kappa shape index (κ2) is 4.97. The van der Waals surface area contributed by atoms with E-state index in [9.17, 15) is 4.79 Å². The lowest BCUT2D eigenvalue weighted by atomic mass is 10.1. The monoisotopic (exact) mass is 142 g/mol. The third-order valence-corrected chi connectivity index (χ3v) is 1.36. The summed E-state index contributed by atoms with van der Waals surface area (Å²) < 4.78 is 0. The summed E-state index contributed by atoms with van der Waals surface area (Å²) in [5.74, 6) is 0.0456. The first-order valence-electron chi connectivity index (χ1n) is 3.49. The average Bonchev–Trinajstić information content (AvgIpc) is 1.98. The molecular formula is C7H14N2O. The Labute approximate surface area is 61.5 Å². The van der Waals surface area contributed by atoms with E-state index in [1.807, 2.05) is 13.8 Å². The third-order valence-electron chi connectivity index (χ3n) is 1.36. The first-order valence-corrected chi connectivity index (χ1v) is 3.49. The van der Waals surface area contributed by atoms with E-state index in [4.69, 9.17) is 0 Å². The number of amides is 1. The maximum atomic E-state index is 10.9. The molecule has 58 valence electrons.